The highest BCUT2D eigenvalue weighted by molar-refractivity contribution is 6.16. The van der Waals surface area contributed by atoms with E-state index in [0.29, 0.717) is 51.8 Å². The quantitative estimate of drug-likeness (QED) is 0.653. The summed E-state index contributed by atoms with van der Waals surface area (Å²) in [6, 6.07) is 5.06. The second kappa shape index (κ2) is 9.33. The third-order valence-electron chi connectivity index (χ3n) is 6.35. The fraction of sp³-hybridized carbons (Fsp3) is 0.400. The molecule has 2 aliphatic heterocycles. The van der Waals surface area contributed by atoms with Crippen molar-refractivity contribution in [2.24, 2.45) is 0 Å². The summed E-state index contributed by atoms with van der Waals surface area (Å²) in [5.74, 6) is 1.59. The molecule has 0 bridgehead atoms. The van der Waals surface area contributed by atoms with Crippen molar-refractivity contribution in [2.75, 3.05) is 54.6 Å². The van der Waals surface area contributed by atoms with Gasteiger partial charge < -0.3 is 29.0 Å². The van der Waals surface area contributed by atoms with Gasteiger partial charge in [-0.15, -0.1) is 0 Å². The standard InChI is InChI=1S/C25H30N2O6/c1-15-12-18(28)17(14-27-10-8-26(2)9-11-27)24-21(15)22(29)20(33-24)13-16-6-7-19(30-3)25(32-5)23(16)31-4/h6-7,12-13,28H,8-11,14H2,1-5H3. The molecule has 8 nitrogen and oxygen atoms in total. The minimum absolute atomic E-state index is 0.0876. The zero-order valence-electron chi connectivity index (χ0n) is 19.7. The molecule has 0 radical (unpaired) electrons. The summed E-state index contributed by atoms with van der Waals surface area (Å²) >= 11 is 0. The van der Waals surface area contributed by atoms with Gasteiger partial charge in [-0.05, 0) is 37.7 Å². The molecule has 1 N–H and O–H groups in total. The number of allylic oxidation sites excluding steroid dienone is 1. The van der Waals surface area contributed by atoms with E-state index in [1.54, 1.807) is 38.3 Å². The third-order valence-corrected chi connectivity index (χ3v) is 6.35. The fourth-order valence-electron chi connectivity index (χ4n) is 4.48. The van der Waals surface area contributed by atoms with Crippen LogP contribution in [0.25, 0.3) is 6.08 Å². The van der Waals surface area contributed by atoms with Crippen molar-refractivity contribution in [1.82, 2.24) is 4.90 Å². The number of carbonyl (C=O) groups excluding carboxylic acids is 1. The van der Waals surface area contributed by atoms with Crippen molar-refractivity contribution in [2.45, 2.75) is 13.5 Å². The lowest BCUT2D eigenvalue weighted by atomic mass is 9.99. The van der Waals surface area contributed by atoms with Gasteiger partial charge in [0.05, 0.1) is 40.0 Å². The molecule has 8 heteroatoms. The number of Topliss-reactive ketones (excluding diaryl/α,β-unsaturated/α-hetero) is 1. The van der Waals surface area contributed by atoms with Gasteiger partial charge in [0, 0.05) is 24.2 Å². The molecule has 176 valence electrons. The molecule has 2 aromatic carbocycles. The molecule has 0 atom stereocenters. The maximum atomic E-state index is 13.3. The van der Waals surface area contributed by atoms with Crippen LogP contribution >= 0.6 is 0 Å². The fourth-order valence-corrected chi connectivity index (χ4v) is 4.48. The van der Waals surface area contributed by atoms with Crippen molar-refractivity contribution < 1.29 is 33.7 Å². The third kappa shape index (κ3) is 4.24. The highest BCUT2D eigenvalue weighted by Crippen LogP contribution is 2.43. The van der Waals surface area contributed by atoms with Gasteiger partial charge in [-0.25, -0.2) is 0 Å². The molecular formula is C25H30N2O6. The lowest BCUT2D eigenvalue weighted by Crippen LogP contribution is -3.13. The van der Waals surface area contributed by atoms with Crippen LogP contribution in [-0.2, 0) is 6.54 Å². The number of likely N-dealkylation sites (N-methyl/N-ethyl adjacent to an activating group) is 1. The number of ketones is 1. The number of fused-ring (bicyclic) bond motifs is 1. The molecule has 2 aromatic rings. The first kappa shape index (κ1) is 22.9. The average molecular weight is 455 g/mol. The Hall–Kier alpha value is -3.23. The van der Waals surface area contributed by atoms with E-state index in [1.165, 1.54) is 19.1 Å². The van der Waals surface area contributed by atoms with E-state index < -0.39 is 0 Å². The average Bonchev–Trinajstić information content (AvgIpc) is 3.13. The molecule has 2 heterocycles. The van der Waals surface area contributed by atoms with Crippen LogP contribution < -0.4 is 29.0 Å². The Bertz CT molecular complexity index is 1100. The zero-order valence-corrected chi connectivity index (χ0v) is 19.7. The molecule has 0 spiro atoms. The second-order valence-corrected chi connectivity index (χ2v) is 8.47. The molecule has 0 aliphatic carbocycles. The van der Waals surface area contributed by atoms with Gasteiger partial charge in [-0.2, -0.15) is 0 Å². The van der Waals surface area contributed by atoms with Crippen molar-refractivity contribution in [1.29, 1.82) is 0 Å². The summed E-state index contributed by atoms with van der Waals surface area (Å²) in [4.78, 5) is 16.9. The number of hydrogen-bond donors (Lipinski definition) is 1. The van der Waals surface area contributed by atoms with Gasteiger partial charge in [0.25, 0.3) is 0 Å². The maximum absolute atomic E-state index is 13.3. The molecule has 0 aromatic heterocycles. The Kier molecular flexibility index (Phi) is 6.49. The molecule has 4 rings (SSSR count). The van der Waals surface area contributed by atoms with Gasteiger partial charge in [0.1, 0.15) is 12.3 Å². The van der Waals surface area contributed by atoms with E-state index in [9.17, 15) is 9.90 Å². The van der Waals surface area contributed by atoms with Crippen LogP contribution in [0.3, 0.4) is 0 Å². The summed E-state index contributed by atoms with van der Waals surface area (Å²) in [5.41, 5.74) is 2.26. The predicted molar refractivity (Wildman–Crippen MR) is 122 cm³/mol. The zero-order chi connectivity index (χ0) is 23.7. The number of ether oxygens (including phenoxy) is 4. The smallest absolute Gasteiger partial charge is 0.232 e. The molecule has 1 fully saturated rings. The molecule has 1 saturated heterocycles. The predicted octanol–water partition coefficient (Wildman–Crippen LogP) is 1.04. The monoisotopic (exact) mass is 454 g/mol. The van der Waals surface area contributed by atoms with E-state index >= 15 is 0 Å². The summed E-state index contributed by atoms with van der Waals surface area (Å²) in [7, 11) is 6.69. The summed E-state index contributed by atoms with van der Waals surface area (Å²) < 4.78 is 22.4. The van der Waals surface area contributed by atoms with Gasteiger partial charge in [-0.3, -0.25) is 9.69 Å². The number of nitrogens with one attached hydrogen (secondary N) is 1. The van der Waals surface area contributed by atoms with Crippen molar-refractivity contribution in [3.63, 3.8) is 0 Å². The Morgan fingerprint density at radius 2 is 1.82 bits per heavy atom. The van der Waals surface area contributed by atoms with Crippen LogP contribution in [0.5, 0.6) is 28.7 Å². The number of rotatable bonds is 6. The van der Waals surface area contributed by atoms with Crippen LogP contribution in [-0.4, -0.2) is 65.2 Å². The largest absolute Gasteiger partial charge is 0.872 e. The van der Waals surface area contributed by atoms with E-state index in [-0.39, 0.29) is 17.3 Å². The molecule has 0 unspecified atom stereocenters. The van der Waals surface area contributed by atoms with Gasteiger partial charge >= 0.3 is 0 Å². The Morgan fingerprint density at radius 3 is 2.45 bits per heavy atom. The van der Waals surface area contributed by atoms with E-state index in [4.69, 9.17) is 18.9 Å². The lowest BCUT2D eigenvalue weighted by Gasteiger charge is -2.31. The molecule has 2 aliphatic rings. The first-order chi connectivity index (χ1) is 15.9. The number of methoxy groups -OCH3 is 3. The highest BCUT2D eigenvalue weighted by Gasteiger charge is 2.34. The minimum atomic E-state index is -0.242. The first-order valence-corrected chi connectivity index (χ1v) is 11.0. The normalized spacial score (nSPS) is 17.7. The van der Waals surface area contributed by atoms with E-state index in [2.05, 4.69) is 11.9 Å². The molecular weight excluding hydrogens is 424 g/mol. The highest BCUT2D eigenvalue weighted by atomic mass is 16.5. The van der Waals surface area contributed by atoms with Crippen LogP contribution in [0, 0.1) is 6.92 Å². The van der Waals surface area contributed by atoms with Crippen LogP contribution in [0.15, 0.2) is 24.0 Å². The Balaban J connectivity index is 1.72. The van der Waals surface area contributed by atoms with Crippen LogP contribution in [0.4, 0.5) is 0 Å². The van der Waals surface area contributed by atoms with E-state index in [1.807, 2.05) is 0 Å². The number of hydrogen-bond acceptors (Lipinski definition) is 7. The number of quaternary nitrogens is 1. The van der Waals surface area contributed by atoms with Crippen molar-refractivity contribution in [3.05, 3.63) is 46.2 Å². The summed E-state index contributed by atoms with van der Waals surface area (Å²) in [5, 5.41) is 12.9. The van der Waals surface area contributed by atoms with Crippen molar-refractivity contribution >= 4 is 11.9 Å². The number of benzene rings is 2. The van der Waals surface area contributed by atoms with Gasteiger partial charge in [0.2, 0.25) is 11.5 Å². The van der Waals surface area contributed by atoms with E-state index in [0.717, 1.165) is 26.2 Å². The molecule has 0 amide bonds. The van der Waals surface area contributed by atoms with Gasteiger partial charge in [-0.1, -0.05) is 11.8 Å². The van der Waals surface area contributed by atoms with Crippen LogP contribution in [0.2, 0.25) is 0 Å². The Labute approximate surface area is 193 Å². The summed E-state index contributed by atoms with van der Waals surface area (Å²) in [6.07, 6.45) is 1.62. The number of piperazine rings is 1. The number of aryl methyl sites for hydroxylation is 1. The van der Waals surface area contributed by atoms with Gasteiger partial charge in [0.15, 0.2) is 17.3 Å². The SMILES string of the molecule is COc1ccc(C=C2Oc3c(C[NH+]4CCN(C)CC4)c([O-])cc(C)c3C2=O)c(OC)c1OC. The minimum Gasteiger partial charge on any atom is -0.872 e. The first-order valence-electron chi connectivity index (χ1n) is 11.0. The summed E-state index contributed by atoms with van der Waals surface area (Å²) in [6.45, 7) is 6.14. The lowest BCUT2D eigenvalue weighted by molar-refractivity contribution is -0.918. The maximum Gasteiger partial charge on any atom is 0.232 e. The topological polar surface area (TPSA) is 84.7 Å². The number of carbonyl (C=O) groups is 1. The van der Waals surface area contributed by atoms with Crippen LogP contribution in [0.1, 0.15) is 27.0 Å². The molecule has 0 saturated carbocycles. The Morgan fingerprint density at radius 1 is 1.12 bits per heavy atom. The number of nitrogens with zero attached hydrogens (tertiary/aromatic N) is 1. The molecule has 33 heavy (non-hydrogen) atoms. The second-order valence-electron chi connectivity index (χ2n) is 8.47. The van der Waals surface area contributed by atoms with Crippen molar-refractivity contribution in [3.8, 4) is 28.7 Å².